The van der Waals surface area contributed by atoms with Gasteiger partial charge in [-0.05, 0) is 13.8 Å². The first-order chi connectivity index (χ1) is 5.93. The third-order valence-corrected chi connectivity index (χ3v) is 3.61. The van der Waals surface area contributed by atoms with Crippen LogP contribution >= 0.6 is 8.46 Å². The molecule has 0 aliphatic rings. The highest BCUT2D eigenvalue weighted by molar-refractivity contribution is 7.91. The molecule has 6 nitrogen and oxygen atoms in total. The fraction of sp³-hybridized carbons (Fsp3) is 1.00. The molecule has 0 aromatic heterocycles. The lowest BCUT2D eigenvalue weighted by Crippen LogP contribution is -2.38. The molecule has 0 aliphatic heterocycles. The smallest absolute Gasteiger partial charge is 0.296 e. The second-order valence-electron chi connectivity index (χ2n) is 2.00. The summed E-state index contributed by atoms with van der Waals surface area (Å²) in [5, 5.41) is 0. The van der Waals surface area contributed by atoms with Crippen LogP contribution in [-0.4, -0.2) is 31.0 Å². The monoisotopic (exact) mass is 231 g/mol. The highest BCUT2D eigenvalue weighted by Gasteiger charge is 2.55. The fourth-order valence-electron chi connectivity index (χ4n) is 0.682. The standard InChI is InChI=1S/C5H11O6PS/c1-3-10-5(12-6,11-4-2)13(7,8)9/h3-4H2,1-2H3,(H,7,8,9)/p+1. The predicted octanol–water partition coefficient (Wildman–Crippen LogP) is 0.583. The maximum absolute atomic E-state index is 10.8. The molecule has 0 amide bonds. The zero-order chi connectivity index (χ0) is 10.5. The minimum Gasteiger partial charge on any atom is -0.296 e. The van der Waals surface area contributed by atoms with Gasteiger partial charge >= 0.3 is 23.4 Å². The first-order valence-electron chi connectivity index (χ1n) is 3.57. The summed E-state index contributed by atoms with van der Waals surface area (Å²) in [6, 6.07) is 0. The van der Waals surface area contributed by atoms with E-state index in [1.165, 1.54) is 13.8 Å². The van der Waals surface area contributed by atoms with Crippen molar-refractivity contribution in [2.24, 2.45) is 0 Å². The third kappa shape index (κ3) is 2.96. The van der Waals surface area contributed by atoms with E-state index < -0.39 is 23.4 Å². The van der Waals surface area contributed by atoms with Gasteiger partial charge in [0.1, 0.15) is 0 Å². The molecule has 0 aliphatic carbocycles. The van der Waals surface area contributed by atoms with Gasteiger partial charge in [0.25, 0.3) is 0 Å². The van der Waals surface area contributed by atoms with Gasteiger partial charge in [-0.2, -0.15) is 8.42 Å². The quantitative estimate of drug-likeness (QED) is 0.408. The summed E-state index contributed by atoms with van der Waals surface area (Å²) in [7, 11) is -6.09. The van der Waals surface area contributed by atoms with Crippen LogP contribution in [0, 0.1) is 0 Å². The molecular formula is C5H12O6PS+. The second kappa shape index (κ2) is 4.97. The van der Waals surface area contributed by atoms with E-state index in [0.717, 1.165) is 0 Å². The Bertz CT molecular complexity index is 254. The Morgan fingerprint density at radius 2 is 1.69 bits per heavy atom. The molecule has 0 fully saturated rings. The zero-order valence-electron chi connectivity index (χ0n) is 7.31. The summed E-state index contributed by atoms with van der Waals surface area (Å²) in [5.41, 5.74) is 0. The Morgan fingerprint density at radius 1 is 1.31 bits per heavy atom. The number of hydrogen-bond acceptors (Lipinski definition) is 5. The molecule has 8 heteroatoms. The first-order valence-corrected chi connectivity index (χ1v) is 5.92. The molecule has 0 heterocycles. The van der Waals surface area contributed by atoms with Crippen molar-refractivity contribution in [1.29, 1.82) is 0 Å². The van der Waals surface area contributed by atoms with Crippen molar-refractivity contribution in [2.45, 2.75) is 18.7 Å². The van der Waals surface area contributed by atoms with Crippen LogP contribution in [0.3, 0.4) is 0 Å². The molecule has 78 valence electrons. The fourth-order valence-corrected chi connectivity index (χ4v) is 2.04. The van der Waals surface area contributed by atoms with Gasteiger partial charge in [-0.3, -0.25) is 14.0 Å². The molecule has 0 bridgehead atoms. The maximum atomic E-state index is 10.8. The lowest BCUT2D eigenvalue weighted by molar-refractivity contribution is -0.115. The molecule has 0 spiro atoms. The molecule has 0 saturated carbocycles. The minimum atomic E-state index is -4.65. The largest absolute Gasteiger partial charge is 0.501 e. The van der Waals surface area contributed by atoms with Gasteiger partial charge in [-0.25, -0.2) is 0 Å². The molecule has 1 unspecified atom stereocenters. The van der Waals surface area contributed by atoms with E-state index in [4.69, 9.17) is 4.55 Å². The van der Waals surface area contributed by atoms with Crippen molar-refractivity contribution >= 4 is 18.6 Å². The number of rotatable bonds is 6. The van der Waals surface area contributed by atoms with Crippen molar-refractivity contribution in [2.75, 3.05) is 13.2 Å². The van der Waals surface area contributed by atoms with Crippen molar-refractivity contribution in [1.82, 2.24) is 0 Å². The van der Waals surface area contributed by atoms with Gasteiger partial charge in [0, 0.05) is 0 Å². The van der Waals surface area contributed by atoms with E-state index in [0.29, 0.717) is 0 Å². The SMILES string of the molecule is CCOC(OCC)([PH+]=O)S(=O)(=O)O. The van der Waals surface area contributed by atoms with Gasteiger partial charge in [-0.15, -0.1) is 0 Å². The van der Waals surface area contributed by atoms with Gasteiger partial charge < -0.3 is 0 Å². The van der Waals surface area contributed by atoms with E-state index in [2.05, 4.69) is 9.47 Å². The molecule has 1 N–H and O–H groups in total. The highest BCUT2D eigenvalue weighted by atomic mass is 32.2. The van der Waals surface area contributed by atoms with Crippen molar-refractivity contribution < 1.29 is 27.0 Å². The average molecular weight is 231 g/mol. The summed E-state index contributed by atoms with van der Waals surface area (Å²) >= 11 is 0. The van der Waals surface area contributed by atoms with Gasteiger partial charge in [0.05, 0.1) is 13.2 Å². The van der Waals surface area contributed by atoms with Crippen molar-refractivity contribution in [3.05, 3.63) is 0 Å². The van der Waals surface area contributed by atoms with Crippen molar-refractivity contribution in [3.8, 4) is 0 Å². The normalized spacial score (nSPS) is 13.5. The van der Waals surface area contributed by atoms with Crippen LogP contribution in [0.2, 0.25) is 0 Å². The topological polar surface area (TPSA) is 89.9 Å². The molecule has 0 rings (SSSR count). The molecule has 0 aromatic carbocycles. The highest BCUT2D eigenvalue weighted by Crippen LogP contribution is 2.31. The van der Waals surface area contributed by atoms with Crippen LogP contribution in [0.5, 0.6) is 0 Å². The Morgan fingerprint density at radius 3 is 1.85 bits per heavy atom. The van der Waals surface area contributed by atoms with E-state index in [1.54, 1.807) is 0 Å². The van der Waals surface area contributed by atoms with Gasteiger partial charge in [0.15, 0.2) is 0 Å². The van der Waals surface area contributed by atoms with Gasteiger partial charge in [0.2, 0.25) is 0 Å². The number of ether oxygens (including phenoxy) is 2. The lowest BCUT2D eigenvalue weighted by Gasteiger charge is -2.16. The second-order valence-corrected chi connectivity index (χ2v) is 4.71. The molecule has 1 atom stereocenters. The lowest BCUT2D eigenvalue weighted by atomic mass is 10.8. The van der Waals surface area contributed by atoms with E-state index in [9.17, 15) is 13.0 Å². The van der Waals surface area contributed by atoms with E-state index >= 15 is 0 Å². The third-order valence-electron chi connectivity index (χ3n) is 1.13. The van der Waals surface area contributed by atoms with E-state index in [1.807, 2.05) is 0 Å². The van der Waals surface area contributed by atoms with Crippen LogP contribution in [-0.2, 0) is 24.2 Å². The predicted molar refractivity (Wildman–Crippen MR) is 46.5 cm³/mol. The summed E-state index contributed by atoms with van der Waals surface area (Å²) in [5.74, 6) is 0. The number of hydrogen-bond donors (Lipinski definition) is 1. The zero-order valence-corrected chi connectivity index (χ0v) is 9.13. The summed E-state index contributed by atoms with van der Waals surface area (Å²) in [4.78, 5) is -2.42. The summed E-state index contributed by atoms with van der Waals surface area (Å²) in [6.45, 7) is 2.93. The van der Waals surface area contributed by atoms with Crippen LogP contribution in [0.4, 0.5) is 0 Å². The Hall–Kier alpha value is -0.0700. The average Bonchev–Trinajstić information content (AvgIpc) is 2.02. The minimum absolute atomic E-state index is 0.0327. The Balaban J connectivity index is 4.98. The summed E-state index contributed by atoms with van der Waals surface area (Å²) < 4.78 is 50.1. The molecule has 0 radical (unpaired) electrons. The molecular weight excluding hydrogens is 219 g/mol. The van der Waals surface area contributed by atoms with E-state index in [-0.39, 0.29) is 13.2 Å². The van der Waals surface area contributed by atoms with Crippen LogP contribution in [0.25, 0.3) is 0 Å². The Labute approximate surface area is 78.2 Å². The van der Waals surface area contributed by atoms with Crippen LogP contribution < -0.4 is 0 Å². The Kier molecular flexibility index (Phi) is 4.95. The molecule has 13 heavy (non-hydrogen) atoms. The maximum Gasteiger partial charge on any atom is 0.501 e. The van der Waals surface area contributed by atoms with Crippen LogP contribution in [0.1, 0.15) is 13.8 Å². The van der Waals surface area contributed by atoms with Crippen molar-refractivity contribution in [3.63, 3.8) is 0 Å². The summed E-state index contributed by atoms with van der Waals surface area (Å²) in [6.07, 6.45) is 0. The molecule has 0 aromatic rings. The molecule has 0 saturated heterocycles. The first kappa shape index (κ1) is 12.9. The van der Waals surface area contributed by atoms with Gasteiger partial charge in [-0.1, -0.05) is 4.57 Å². The van der Waals surface area contributed by atoms with Crippen LogP contribution in [0.15, 0.2) is 0 Å².